The molecule has 0 heterocycles. The van der Waals surface area contributed by atoms with Crippen LogP contribution < -0.4 is 4.74 Å². The van der Waals surface area contributed by atoms with Gasteiger partial charge < -0.3 is 9.84 Å². The van der Waals surface area contributed by atoms with Crippen molar-refractivity contribution in [3.63, 3.8) is 0 Å². The highest BCUT2D eigenvalue weighted by atomic mass is 35.5. The third kappa shape index (κ3) is 3.57. The minimum absolute atomic E-state index is 0.414. The summed E-state index contributed by atoms with van der Waals surface area (Å²) in [5.41, 5.74) is 2.24. The number of rotatable bonds is 5. The number of ether oxygens (including phenoxy) is 1. The van der Waals surface area contributed by atoms with Crippen LogP contribution in [0.15, 0.2) is 35.9 Å². The third-order valence-corrected chi connectivity index (χ3v) is 2.27. The van der Waals surface area contributed by atoms with Gasteiger partial charge in [-0.05, 0) is 18.6 Å². The largest absolute Gasteiger partial charge is 0.489 e. The van der Waals surface area contributed by atoms with Crippen molar-refractivity contribution < 1.29 is 9.84 Å². The van der Waals surface area contributed by atoms with Crippen molar-refractivity contribution in [2.24, 2.45) is 0 Å². The van der Waals surface area contributed by atoms with Crippen LogP contribution in [-0.4, -0.2) is 11.7 Å². The molecular formula is C12H15ClO2. The van der Waals surface area contributed by atoms with Crippen molar-refractivity contribution in [1.82, 2.24) is 0 Å². The summed E-state index contributed by atoms with van der Waals surface area (Å²) in [6, 6.07) is 7.48. The number of hydrogen-bond acceptors (Lipinski definition) is 2. The molecule has 1 N–H and O–H groups in total. The van der Waals surface area contributed by atoms with E-state index in [0.717, 1.165) is 5.56 Å². The average Bonchev–Trinajstić information content (AvgIpc) is 2.29. The van der Waals surface area contributed by atoms with Gasteiger partial charge in [0.05, 0.1) is 6.10 Å². The zero-order chi connectivity index (χ0) is 11.1. The van der Waals surface area contributed by atoms with E-state index in [0.29, 0.717) is 18.8 Å². The number of hydrogen-bond donors (Lipinski definition) is 1. The van der Waals surface area contributed by atoms with Crippen LogP contribution in [0.25, 0.3) is 0 Å². The molecule has 3 heteroatoms. The SMILES string of the molecule is CC[C@@H](O)c1ccccc1OCC=CCl. The molecule has 1 atom stereocenters. The van der Waals surface area contributed by atoms with Crippen molar-refractivity contribution in [3.05, 3.63) is 41.4 Å². The van der Waals surface area contributed by atoms with E-state index >= 15 is 0 Å². The molecule has 0 aromatic heterocycles. The molecule has 0 amide bonds. The van der Waals surface area contributed by atoms with Gasteiger partial charge in [-0.2, -0.15) is 0 Å². The van der Waals surface area contributed by atoms with Crippen molar-refractivity contribution in [2.45, 2.75) is 19.4 Å². The van der Waals surface area contributed by atoms with Crippen molar-refractivity contribution in [1.29, 1.82) is 0 Å². The predicted octanol–water partition coefficient (Wildman–Crippen LogP) is 3.26. The summed E-state index contributed by atoms with van der Waals surface area (Å²) in [6.07, 6.45) is 1.91. The lowest BCUT2D eigenvalue weighted by Crippen LogP contribution is -2.01. The van der Waals surface area contributed by atoms with Crippen molar-refractivity contribution in [3.8, 4) is 5.75 Å². The van der Waals surface area contributed by atoms with Gasteiger partial charge in [-0.25, -0.2) is 0 Å². The smallest absolute Gasteiger partial charge is 0.125 e. The van der Waals surface area contributed by atoms with Crippen molar-refractivity contribution in [2.75, 3.05) is 6.61 Å². The molecule has 0 bridgehead atoms. The molecule has 0 aliphatic rings. The topological polar surface area (TPSA) is 29.5 Å². The Morgan fingerprint density at radius 1 is 1.47 bits per heavy atom. The standard InChI is InChI=1S/C12H15ClO2/c1-2-11(14)10-6-3-4-7-12(10)15-9-5-8-13/h3-8,11,14H,2,9H2,1H3/t11-/m1/s1. The van der Waals surface area contributed by atoms with E-state index in [4.69, 9.17) is 16.3 Å². The predicted molar refractivity (Wildman–Crippen MR) is 62.2 cm³/mol. The number of halogens is 1. The third-order valence-electron chi connectivity index (χ3n) is 2.09. The highest BCUT2D eigenvalue weighted by molar-refractivity contribution is 6.25. The van der Waals surface area contributed by atoms with E-state index < -0.39 is 6.10 Å². The molecule has 0 saturated heterocycles. The maximum Gasteiger partial charge on any atom is 0.125 e. The highest BCUT2D eigenvalue weighted by Crippen LogP contribution is 2.26. The Morgan fingerprint density at radius 3 is 2.87 bits per heavy atom. The van der Waals surface area contributed by atoms with Crippen LogP contribution in [0.4, 0.5) is 0 Å². The first-order valence-corrected chi connectivity index (χ1v) is 5.38. The van der Waals surface area contributed by atoms with E-state index in [1.54, 1.807) is 6.08 Å². The van der Waals surface area contributed by atoms with Gasteiger partial charge in [-0.15, -0.1) is 0 Å². The average molecular weight is 227 g/mol. The molecule has 0 spiro atoms. The first kappa shape index (κ1) is 12.1. The molecule has 0 aliphatic carbocycles. The minimum Gasteiger partial charge on any atom is -0.489 e. The van der Waals surface area contributed by atoms with Gasteiger partial charge in [0.25, 0.3) is 0 Å². The van der Waals surface area contributed by atoms with Gasteiger partial charge in [0.15, 0.2) is 0 Å². The molecule has 1 aromatic carbocycles. The maximum atomic E-state index is 9.74. The fourth-order valence-corrected chi connectivity index (χ4v) is 1.35. The zero-order valence-electron chi connectivity index (χ0n) is 8.69. The Hall–Kier alpha value is -0.990. The van der Waals surface area contributed by atoms with Crippen LogP contribution in [0, 0.1) is 0 Å². The molecule has 0 aliphatic heterocycles. The van der Waals surface area contributed by atoms with Gasteiger partial charge in [-0.1, -0.05) is 36.7 Å². The minimum atomic E-state index is -0.471. The molecule has 0 saturated carbocycles. The number of para-hydroxylation sites is 1. The first-order valence-electron chi connectivity index (χ1n) is 4.94. The molecule has 15 heavy (non-hydrogen) atoms. The second-order valence-electron chi connectivity index (χ2n) is 3.13. The summed E-state index contributed by atoms with van der Waals surface area (Å²) in [7, 11) is 0. The normalized spacial score (nSPS) is 13.0. The van der Waals surface area contributed by atoms with Crippen LogP contribution in [0.5, 0.6) is 5.75 Å². The molecule has 0 unspecified atom stereocenters. The van der Waals surface area contributed by atoms with Crippen LogP contribution in [0.3, 0.4) is 0 Å². The number of aliphatic hydroxyl groups excluding tert-OH is 1. The monoisotopic (exact) mass is 226 g/mol. The van der Waals surface area contributed by atoms with E-state index in [-0.39, 0.29) is 0 Å². The molecular weight excluding hydrogens is 212 g/mol. The summed E-state index contributed by atoms with van der Waals surface area (Å²) in [5.74, 6) is 0.710. The van der Waals surface area contributed by atoms with Crippen LogP contribution in [0.2, 0.25) is 0 Å². The quantitative estimate of drug-likeness (QED) is 0.835. The Labute approximate surface area is 95.1 Å². The van der Waals surface area contributed by atoms with Crippen LogP contribution >= 0.6 is 11.6 Å². The second kappa shape index (κ2) is 6.49. The Morgan fingerprint density at radius 2 is 2.20 bits per heavy atom. The first-order chi connectivity index (χ1) is 7.29. The van der Waals surface area contributed by atoms with Gasteiger partial charge in [-0.3, -0.25) is 0 Å². The number of aliphatic hydroxyl groups is 1. The summed E-state index contributed by atoms with van der Waals surface area (Å²) >= 11 is 5.39. The summed E-state index contributed by atoms with van der Waals surface area (Å²) in [4.78, 5) is 0. The zero-order valence-corrected chi connectivity index (χ0v) is 9.45. The lowest BCUT2D eigenvalue weighted by atomic mass is 10.1. The van der Waals surface area contributed by atoms with E-state index in [1.807, 2.05) is 31.2 Å². The lowest BCUT2D eigenvalue weighted by molar-refractivity contribution is 0.168. The molecule has 0 fully saturated rings. The Kier molecular flexibility index (Phi) is 5.22. The molecule has 2 nitrogen and oxygen atoms in total. The second-order valence-corrected chi connectivity index (χ2v) is 3.39. The van der Waals surface area contributed by atoms with Crippen LogP contribution in [0.1, 0.15) is 25.0 Å². The Balaban J connectivity index is 2.76. The van der Waals surface area contributed by atoms with Crippen LogP contribution in [-0.2, 0) is 0 Å². The fourth-order valence-electron chi connectivity index (χ4n) is 1.28. The molecule has 0 radical (unpaired) electrons. The highest BCUT2D eigenvalue weighted by Gasteiger charge is 2.10. The fraction of sp³-hybridized carbons (Fsp3) is 0.333. The van der Waals surface area contributed by atoms with Gasteiger partial charge in [0.2, 0.25) is 0 Å². The maximum absolute atomic E-state index is 9.74. The van der Waals surface area contributed by atoms with Gasteiger partial charge in [0.1, 0.15) is 12.4 Å². The van der Waals surface area contributed by atoms with Crippen molar-refractivity contribution >= 4 is 11.6 Å². The van der Waals surface area contributed by atoms with Gasteiger partial charge >= 0.3 is 0 Å². The summed E-state index contributed by atoms with van der Waals surface area (Å²) in [6.45, 7) is 2.34. The molecule has 1 rings (SSSR count). The summed E-state index contributed by atoms with van der Waals surface area (Å²) in [5, 5.41) is 9.74. The van der Waals surface area contributed by atoms with E-state index in [1.165, 1.54) is 5.54 Å². The number of benzene rings is 1. The molecule has 82 valence electrons. The van der Waals surface area contributed by atoms with E-state index in [2.05, 4.69) is 0 Å². The Bertz CT molecular complexity index is 323. The van der Waals surface area contributed by atoms with E-state index in [9.17, 15) is 5.11 Å². The van der Waals surface area contributed by atoms with Gasteiger partial charge in [0, 0.05) is 11.1 Å². The summed E-state index contributed by atoms with van der Waals surface area (Å²) < 4.78 is 5.47. The molecule has 1 aromatic rings. The lowest BCUT2D eigenvalue weighted by Gasteiger charge is -2.13.